The van der Waals surface area contributed by atoms with Gasteiger partial charge in [0.05, 0.1) is 5.69 Å². The quantitative estimate of drug-likeness (QED) is 0.781. The summed E-state index contributed by atoms with van der Waals surface area (Å²) in [6.45, 7) is 5.76. The molecule has 1 N–H and O–H groups in total. The molecule has 0 aromatic heterocycles. The number of carbonyl (C=O) groups is 1. The number of nitrogens with one attached hydrogen (secondary N) is 1. The van der Waals surface area contributed by atoms with Crippen LogP contribution in [0.15, 0.2) is 24.8 Å². The molecule has 0 bridgehead atoms. The molecule has 0 spiro atoms. The van der Waals surface area contributed by atoms with E-state index in [9.17, 15) is 4.79 Å². The third-order valence-electron chi connectivity index (χ3n) is 2.17. The van der Waals surface area contributed by atoms with Crippen LogP contribution in [0.2, 0.25) is 0 Å². The SMILES string of the molecule is C=Cc1cccc(CC)c1NC(=O)CCl. The van der Waals surface area contributed by atoms with Gasteiger partial charge in [0.15, 0.2) is 0 Å². The minimum atomic E-state index is -0.194. The van der Waals surface area contributed by atoms with Crippen LogP contribution in [-0.4, -0.2) is 11.8 Å². The van der Waals surface area contributed by atoms with E-state index in [4.69, 9.17) is 11.6 Å². The lowest BCUT2D eigenvalue weighted by atomic mass is 10.0. The third kappa shape index (κ3) is 2.83. The van der Waals surface area contributed by atoms with E-state index in [1.165, 1.54) is 0 Å². The molecule has 1 amide bonds. The summed E-state index contributed by atoms with van der Waals surface area (Å²) in [6, 6.07) is 5.85. The Morgan fingerprint density at radius 3 is 2.87 bits per heavy atom. The van der Waals surface area contributed by atoms with Crippen molar-refractivity contribution in [3.05, 3.63) is 35.9 Å². The molecule has 0 atom stereocenters. The van der Waals surface area contributed by atoms with Crippen LogP contribution in [0.1, 0.15) is 18.1 Å². The van der Waals surface area contributed by atoms with Crippen molar-refractivity contribution in [3.8, 4) is 0 Å². The molecule has 3 heteroatoms. The average molecular weight is 224 g/mol. The smallest absolute Gasteiger partial charge is 0.239 e. The number of halogens is 1. The number of alkyl halides is 1. The van der Waals surface area contributed by atoms with E-state index in [1.54, 1.807) is 6.08 Å². The Balaban J connectivity index is 3.10. The maximum absolute atomic E-state index is 11.2. The summed E-state index contributed by atoms with van der Waals surface area (Å²) in [5.41, 5.74) is 2.83. The molecule has 0 aliphatic heterocycles. The molecule has 1 aromatic carbocycles. The first-order valence-corrected chi connectivity index (χ1v) is 5.36. The zero-order valence-corrected chi connectivity index (χ0v) is 9.47. The van der Waals surface area contributed by atoms with Gasteiger partial charge >= 0.3 is 0 Å². The lowest BCUT2D eigenvalue weighted by Gasteiger charge is -2.12. The number of aryl methyl sites for hydroxylation is 1. The molecule has 0 heterocycles. The van der Waals surface area contributed by atoms with E-state index in [-0.39, 0.29) is 11.8 Å². The molecule has 2 nitrogen and oxygen atoms in total. The van der Waals surface area contributed by atoms with Gasteiger partial charge < -0.3 is 5.32 Å². The van der Waals surface area contributed by atoms with Crippen LogP contribution in [0, 0.1) is 0 Å². The van der Waals surface area contributed by atoms with Crippen LogP contribution in [0.3, 0.4) is 0 Å². The number of hydrogen-bond donors (Lipinski definition) is 1. The van der Waals surface area contributed by atoms with Crippen LogP contribution in [0.4, 0.5) is 5.69 Å². The van der Waals surface area contributed by atoms with E-state index in [0.29, 0.717) is 0 Å². The fourth-order valence-corrected chi connectivity index (χ4v) is 1.48. The molecule has 0 saturated heterocycles. The van der Waals surface area contributed by atoms with Crippen molar-refractivity contribution in [3.63, 3.8) is 0 Å². The summed E-state index contributed by atoms with van der Waals surface area (Å²) in [7, 11) is 0. The summed E-state index contributed by atoms with van der Waals surface area (Å²) in [6.07, 6.45) is 2.59. The molecule has 15 heavy (non-hydrogen) atoms. The molecule has 80 valence electrons. The topological polar surface area (TPSA) is 29.1 Å². The first-order chi connectivity index (χ1) is 7.22. The second-order valence-corrected chi connectivity index (χ2v) is 3.39. The standard InChI is InChI=1S/C12H14ClNO/c1-3-9-6-5-7-10(4-2)12(9)14-11(15)8-13/h3,5-7H,1,4,8H2,2H3,(H,14,15). The first kappa shape index (κ1) is 11.8. The minimum Gasteiger partial charge on any atom is -0.324 e. The fourth-order valence-electron chi connectivity index (χ4n) is 1.41. The third-order valence-corrected chi connectivity index (χ3v) is 2.41. The van der Waals surface area contributed by atoms with Gasteiger partial charge in [0.1, 0.15) is 5.88 Å². The highest BCUT2D eigenvalue weighted by molar-refractivity contribution is 6.29. The van der Waals surface area contributed by atoms with Crippen LogP contribution in [0.5, 0.6) is 0 Å². The van der Waals surface area contributed by atoms with Crippen molar-refractivity contribution in [1.82, 2.24) is 0 Å². The van der Waals surface area contributed by atoms with Gasteiger partial charge in [-0.15, -0.1) is 11.6 Å². The molecule has 0 fully saturated rings. The predicted molar refractivity (Wildman–Crippen MR) is 65.3 cm³/mol. The van der Waals surface area contributed by atoms with E-state index in [2.05, 4.69) is 11.9 Å². The summed E-state index contributed by atoms with van der Waals surface area (Å²) in [5, 5.41) is 2.79. The van der Waals surface area contributed by atoms with Crippen LogP contribution in [-0.2, 0) is 11.2 Å². The van der Waals surface area contributed by atoms with Gasteiger partial charge in [0, 0.05) is 0 Å². The number of carbonyl (C=O) groups excluding carboxylic acids is 1. The summed E-state index contributed by atoms with van der Waals surface area (Å²) >= 11 is 5.46. The van der Waals surface area contributed by atoms with Crippen molar-refractivity contribution in [2.45, 2.75) is 13.3 Å². The van der Waals surface area contributed by atoms with Crippen LogP contribution < -0.4 is 5.32 Å². The molecular weight excluding hydrogens is 210 g/mol. The lowest BCUT2D eigenvalue weighted by Crippen LogP contribution is -2.14. The number of rotatable bonds is 4. The maximum atomic E-state index is 11.2. The van der Waals surface area contributed by atoms with E-state index < -0.39 is 0 Å². The monoisotopic (exact) mass is 223 g/mol. The van der Waals surface area contributed by atoms with Gasteiger partial charge in [0.2, 0.25) is 5.91 Å². The van der Waals surface area contributed by atoms with Crippen LogP contribution in [0.25, 0.3) is 6.08 Å². The number of hydrogen-bond acceptors (Lipinski definition) is 1. The molecule has 1 rings (SSSR count). The Morgan fingerprint density at radius 2 is 2.33 bits per heavy atom. The zero-order chi connectivity index (χ0) is 11.3. The van der Waals surface area contributed by atoms with Gasteiger partial charge in [-0.1, -0.05) is 37.8 Å². The number of anilines is 1. The highest BCUT2D eigenvalue weighted by atomic mass is 35.5. The minimum absolute atomic E-state index is 0.0331. The fraction of sp³-hybridized carbons (Fsp3) is 0.250. The zero-order valence-electron chi connectivity index (χ0n) is 8.72. The maximum Gasteiger partial charge on any atom is 0.239 e. The Bertz CT molecular complexity index is 374. The average Bonchev–Trinajstić information content (AvgIpc) is 2.29. The van der Waals surface area contributed by atoms with Gasteiger partial charge in [-0.25, -0.2) is 0 Å². The van der Waals surface area contributed by atoms with Gasteiger partial charge in [-0.05, 0) is 17.5 Å². The van der Waals surface area contributed by atoms with Crippen molar-refractivity contribution in [1.29, 1.82) is 0 Å². The van der Waals surface area contributed by atoms with Gasteiger partial charge in [0.25, 0.3) is 0 Å². The summed E-state index contributed by atoms with van der Waals surface area (Å²) in [4.78, 5) is 11.2. The van der Waals surface area contributed by atoms with Crippen LogP contribution >= 0.6 is 11.6 Å². The van der Waals surface area contributed by atoms with Crippen molar-refractivity contribution in [2.75, 3.05) is 11.2 Å². The normalized spacial score (nSPS) is 9.73. The molecule has 0 saturated carbocycles. The van der Waals surface area contributed by atoms with E-state index >= 15 is 0 Å². The second kappa shape index (κ2) is 5.56. The highest BCUT2D eigenvalue weighted by Gasteiger charge is 2.07. The number of benzene rings is 1. The van der Waals surface area contributed by atoms with E-state index in [0.717, 1.165) is 23.2 Å². The molecule has 1 aromatic rings. The van der Waals surface area contributed by atoms with Gasteiger partial charge in [-0.2, -0.15) is 0 Å². The number of amides is 1. The Labute approximate surface area is 94.9 Å². The Morgan fingerprint density at radius 1 is 1.60 bits per heavy atom. The largest absolute Gasteiger partial charge is 0.324 e. The van der Waals surface area contributed by atoms with E-state index in [1.807, 2.05) is 25.1 Å². The molecule has 0 unspecified atom stereocenters. The van der Waals surface area contributed by atoms with Crippen molar-refractivity contribution < 1.29 is 4.79 Å². The highest BCUT2D eigenvalue weighted by Crippen LogP contribution is 2.22. The lowest BCUT2D eigenvalue weighted by molar-refractivity contribution is -0.113. The molecular formula is C12H14ClNO. The van der Waals surface area contributed by atoms with Crippen molar-refractivity contribution in [2.24, 2.45) is 0 Å². The molecule has 0 aliphatic rings. The first-order valence-electron chi connectivity index (χ1n) is 4.83. The Kier molecular flexibility index (Phi) is 4.37. The summed E-state index contributed by atoms with van der Waals surface area (Å²) in [5.74, 6) is -0.227. The summed E-state index contributed by atoms with van der Waals surface area (Å²) < 4.78 is 0. The molecule has 0 radical (unpaired) electrons. The predicted octanol–water partition coefficient (Wildman–Crippen LogP) is 3.07. The number of para-hydroxylation sites is 1. The Hall–Kier alpha value is -1.28. The molecule has 0 aliphatic carbocycles. The van der Waals surface area contributed by atoms with Gasteiger partial charge in [-0.3, -0.25) is 4.79 Å². The van der Waals surface area contributed by atoms with Crippen molar-refractivity contribution >= 4 is 29.3 Å². The second-order valence-electron chi connectivity index (χ2n) is 3.12.